The largest absolute Gasteiger partial charge is 0.325 e. The number of carbonyl (C=O) groups is 1. The minimum Gasteiger partial charge on any atom is -0.325 e. The fourth-order valence-electron chi connectivity index (χ4n) is 2.85. The molecule has 11 heteroatoms. The van der Waals surface area contributed by atoms with Crippen molar-refractivity contribution < 1.29 is 13.6 Å². The van der Waals surface area contributed by atoms with Gasteiger partial charge in [0, 0.05) is 24.5 Å². The number of aromatic nitrogens is 3. The van der Waals surface area contributed by atoms with Gasteiger partial charge in [-0.3, -0.25) is 18.7 Å². The molecule has 0 saturated heterocycles. The van der Waals surface area contributed by atoms with Crippen molar-refractivity contribution in [2.75, 3.05) is 11.1 Å². The topological polar surface area (TPSA) is 68.9 Å². The van der Waals surface area contributed by atoms with E-state index in [2.05, 4.69) is 10.3 Å². The summed E-state index contributed by atoms with van der Waals surface area (Å²) in [4.78, 5) is 29.7. The van der Waals surface area contributed by atoms with Crippen molar-refractivity contribution in [3.05, 3.63) is 74.5 Å². The third kappa shape index (κ3) is 4.29. The van der Waals surface area contributed by atoms with E-state index in [0.717, 1.165) is 29.6 Å². The summed E-state index contributed by atoms with van der Waals surface area (Å²) in [5.74, 6) is -2.58. The molecule has 0 bridgehead atoms. The van der Waals surface area contributed by atoms with Crippen LogP contribution in [-0.2, 0) is 11.8 Å². The number of thiazole rings is 1. The SMILES string of the molecule is Cn1c(SCC(=O)Nc2ccc(F)c(F)c2)nc2c(sc(=S)n2-c2ccccc2)c1=O. The van der Waals surface area contributed by atoms with Crippen LogP contribution in [0.3, 0.4) is 0 Å². The van der Waals surface area contributed by atoms with Crippen LogP contribution in [0.4, 0.5) is 14.5 Å². The van der Waals surface area contributed by atoms with E-state index < -0.39 is 17.5 Å². The number of fused-ring (bicyclic) bond motifs is 1. The van der Waals surface area contributed by atoms with E-state index >= 15 is 0 Å². The van der Waals surface area contributed by atoms with Crippen LogP contribution in [0.2, 0.25) is 0 Å². The number of carbonyl (C=O) groups excluding carboxylic acids is 1. The fourth-order valence-corrected chi connectivity index (χ4v) is 4.96. The van der Waals surface area contributed by atoms with Crippen molar-refractivity contribution in [3.8, 4) is 5.69 Å². The molecule has 0 aliphatic rings. The quantitative estimate of drug-likeness (QED) is 0.261. The maximum Gasteiger partial charge on any atom is 0.273 e. The molecular formula is C20H14F2N4O2S3. The van der Waals surface area contributed by atoms with Gasteiger partial charge in [-0.2, -0.15) is 0 Å². The van der Waals surface area contributed by atoms with Gasteiger partial charge in [-0.15, -0.1) is 0 Å². The predicted molar refractivity (Wildman–Crippen MR) is 121 cm³/mol. The van der Waals surface area contributed by atoms with Crippen molar-refractivity contribution >= 4 is 57.3 Å². The van der Waals surface area contributed by atoms with Crippen molar-refractivity contribution in [1.29, 1.82) is 0 Å². The molecule has 4 aromatic rings. The van der Waals surface area contributed by atoms with Crippen molar-refractivity contribution in [1.82, 2.24) is 14.1 Å². The molecule has 0 atom stereocenters. The Hall–Kier alpha value is -2.89. The lowest BCUT2D eigenvalue weighted by atomic mass is 10.3. The number of nitrogens with zero attached hydrogens (tertiary/aromatic N) is 3. The third-order valence-electron chi connectivity index (χ3n) is 4.32. The summed E-state index contributed by atoms with van der Waals surface area (Å²) in [6.45, 7) is 0. The van der Waals surface area contributed by atoms with Crippen LogP contribution < -0.4 is 10.9 Å². The van der Waals surface area contributed by atoms with E-state index in [0.29, 0.717) is 19.5 Å². The molecule has 6 nitrogen and oxygen atoms in total. The van der Waals surface area contributed by atoms with Crippen LogP contribution in [0.5, 0.6) is 0 Å². The highest BCUT2D eigenvalue weighted by Gasteiger charge is 2.17. The molecule has 2 aromatic heterocycles. The minimum absolute atomic E-state index is 0.0824. The number of anilines is 1. The molecule has 1 amide bonds. The van der Waals surface area contributed by atoms with E-state index in [9.17, 15) is 18.4 Å². The number of amides is 1. The molecule has 2 heterocycles. The minimum atomic E-state index is -1.05. The first-order valence-corrected chi connectivity index (χ1v) is 11.1. The Labute approximate surface area is 188 Å². The average molecular weight is 477 g/mol. The van der Waals surface area contributed by atoms with Crippen LogP contribution in [0, 0.1) is 15.6 Å². The second-order valence-electron chi connectivity index (χ2n) is 6.42. The molecule has 0 unspecified atom stereocenters. The molecular weight excluding hydrogens is 462 g/mol. The zero-order valence-electron chi connectivity index (χ0n) is 16.0. The molecule has 4 rings (SSSR count). The summed E-state index contributed by atoms with van der Waals surface area (Å²) in [6, 6.07) is 12.4. The first-order chi connectivity index (χ1) is 14.8. The number of halogens is 2. The lowest BCUT2D eigenvalue weighted by molar-refractivity contribution is -0.113. The van der Waals surface area contributed by atoms with E-state index in [1.54, 1.807) is 11.6 Å². The summed E-state index contributed by atoms with van der Waals surface area (Å²) < 4.78 is 30.3. The van der Waals surface area contributed by atoms with Gasteiger partial charge in [-0.25, -0.2) is 13.8 Å². The first-order valence-electron chi connectivity index (χ1n) is 8.91. The highest BCUT2D eigenvalue weighted by molar-refractivity contribution is 7.99. The van der Waals surface area contributed by atoms with Crippen LogP contribution >= 0.6 is 35.3 Å². The van der Waals surface area contributed by atoms with Crippen molar-refractivity contribution in [2.24, 2.45) is 7.05 Å². The zero-order valence-corrected chi connectivity index (χ0v) is 18.4. The van der Waals surface area contributed by atoms with Gasteiger partial charge >= 0.3 is 0 Å². The second kappa shape index (κ2) is 8.69. The number of benzene rings is 2. The molecule has 0 fully saturated rings. The molecule has 158 valence electrons. The normalized spacial score (nSPS) is 11.1. The Morgan fingerprint density at radius 2 is 1.94 bits per heavy atom. The van der Waals surface area contributed by atoms with E-state index in [4.69, 9.17) is 12.2 Å². The van der Waals surface area contributed by atoms with Crippen LogP contribution in [0.1, 0.15) is 0 Å². The smallest absolute Gasteiger partial charge is 0.273 e. The van der Waals surface area contributed by atoms with Crippen LogP contribution in [0.15, 0.2) is 58.5 Å². The Balaban J connectivity index is 1.62. The number of nitrogens with one attached hydrogen (secondary N) is 1. The predicted octanol–water partition coefficient (Wildman–Crippen LogP) is 4.52. The Morgan fingerprint density at radius 1 is 1.19 bits per heavy atom. The molecule has 31 heavy (non-hydrogen) atoms. The zero-order chi connectivity index (χ0) is 22.1. The van der Waals surface area contributed by atoms with Gasteiger partial charge in [0.15, 0.2) is 26.4 Å². The highest BCUT2D eigenvalue weighted by Crippen LogP contribution is 2.25. The number of hydrogen-bond acceptors (Lipinski definition) is 6. The molecule has 0 radical (unpaired) electrons. The van der Waals surface area contributed by atoms with Gasteiger partial charge in [0.2, 0.25) is 5.91 Å². The van der Waals surface area contributed by atoms with Crippen LogP contribution in [0.25, 0.3) is 16.0 Å². The average Bonchev–Trinajstić information content (AvgIpc) is 3.09. The molecule has 2 aromatic carbocycles. The third-order valence-corrected chi connectivity index (χ3v) is 6.71. The molecule has 1 N–H and O–H groups in total. The summed E-state index contributed by atoms with van der Waals surface area (Å²) in [5.41, 5.74) is 1.08. The van der Waals surface area contributed by atoms with E-state index in [1.807, 2.05) is 30.3 Å². The van der Waals surface area contributed by atoms with Gasteiger partial charge in [-0.1, -0.05) is 41.3 Å². The van der Waals surface area contributed by atoms with Gasteiger partial charge < -0.3 is 5.32 Å². The summed E-state index contributed by atoms with van der Waals surface area (Å²) >= 11 is 7.68. The molecule has 0 aliphatic heterocycles. The van der Waals surface area contributed by atoms with E-state index in [1.165, 1.54) is 22.0 Å². The molecule has 0 saturated carbocycles. The van der Waals surface area contributed by atoms with Crippen molar-refractivity contribution in [3.63, 3.8) is 0 Å². The van der Waals surface area contributed by atoms with Gasteiger partial charge in [0.1, 0.15) is 4.70 Å². The lowest BCUT2D eigenvalue weighted by Gasteiger charge is -2.09. The Kier molecular flexibility index (Phi) is 5.99. The Bertz CT molecular complexity index is 1410. The van der Waals surface area contributed by atoms with Gasteiger partial charge in [-0.05, 0) is 36.5 Å². The number of rotatable bonds is 5. The lowest BCUT2D eigenvalue weighted by Crippen LogP contribution is -2.21. The second-order valence-corrected chi connectivity index (χ2v) is 9.00. The monoisotopic (exact) mass is 476 g/mol. The number of thioether (sulfide) groups is 1. The van der Waals surface area contributed by atoms with Crippen molar-refractivity contribution in [2.45, 2.75) is 5.16 Å². The number of para-hydroxylation sites is 1. The van der Waals surface area contributed by atoms with Crippen LogP contribution in [-0.4, -0.2) is 25.8 Å². The maximum atomic E-state index is 13.3. The maximum absolute atomic E-state index is 13.3. The number of hydrogen-bond donors (Lipinski definition) is 1. The highest BCUT2D eigenvalue weighted by atomic mass is 32.2. The van der Waals surface area contributed by atoms with Gasteiger partial charge in [0.05, 0.1) is 5.75 Å². The molecule has 0 spiro atoms. The van der Waals surface area contributed by atoms with E-state index in [-0.39, 0.29) is 17.0 Å². The van der Waals surface area contributed by atoms with Gasteiger partial charge in [0.25, 0.3) is 5.56 Å². The summed E-state index contributed by atoms with van der Waals surface area (Å²) in [7, 11) is 1.57. The first kappa shape index (κ1) is 21.3. The Morgan fingerprint density at radius 3 is 2.65 bits per heavy atom. The summed E-state index contributed by atoms with van der Waals surface area (Å²) in [5, 5.41) is 2.82. The fraction of sp³-hybridized carbons (Fsp3) is 0.100. The molecule has 0 aliphatic carbocycles. The standard InChI is InChI=1S/C20H14F2N4O2S3/c1-25-18(28)16-17(26(20(29)31-16)12-5-3-2-4-6-12)24-19(25)30-10-15(27)23-11-7-8-13(21)14(22)9-11/h2-9H,10H2,1H3,(H,23,27). The summed E-state index contributed by atoms with van der Waals surface area (Å²) in [6.07, 6.45) is 0.